The first-order valence-corrected chi connectivity index (χ1v) is 17.3. The number of likely N-dealkylation sites (tertiary alicyclic amines) is 1. The predicted molar refractivity (Wildman–Crippen MR) is 174 cm³/mol. The molecule has 0 aliphatic carbocycles. The van der Waals surface area contributed by atoms with Crippen LogP contribution in [-0.4, -0.2) is 86.5 Å². The maximum absolute atomic E-state index is 13.2. The number of ether oxygens (including phenoxy) is 1. The molecule has 3 aliphatic heterocycles. The summed E-state index contributed by atoms with van der Waals surface area (Å²) in [6.45, 7) is 10.7. The minimum Gasteiger partial charge on any atom is -0.444 e. The zero-order valence-corrected chi connectivity index (χ0v) is 26.8. The third kappa shape index (κ3) is 6.56. The summed E-state index contributed by atoms with van der Waals surface area (Å²) >= 11 is 0. The van der Waals surface area contributed by atoms with Crippen LogP contribution < -0.4 is 20.3 Å². The highest BCUT2D eigenvalue weighted by molar-refractivity contribution is 7.92. The topological polar surface area (TPSA) is 129 Å². The normalized spacial score (nSPS) is 20.2. The number of carbonyl (C=O) groups is 1. The van der Waals surface area contributed by atoms with Crippen LogP contribution in [0, 0.1) is 11.3 Å². The number of fused-ring (bicyclic) bond motifs is 1. The standard InChI is InChI=1S/C32H43N7O4S/c1-31(2,3)43-30(40)39-21-32(14-17-33-18-15-32)27(39)23-19-38(20-23)29-35-26-8-6-5-7-25(26)28(36-29)34-16-13-22-9-11-24(12-10-22)37-44(4,41)42/h5-12,23,27,33,37H,13-21H2,1-4H3,(H,34,35,36). The molecule has 1 aromatic heterocycles. The molecule has 6 rings (SSSR count). The Balaban J connectivity index is 1.14. The molecule has 1 spiro atoms. The van der Waals surface area contributed by atoms with Gasteiger partial charge in [-0.25, -0.2) is 18.2 Å². The van der Waals surface area contributed by atoms with E-state index in [9.17, 15) is 13.2 Å². The molecule has 3 saturated heterocycles. The fourth-order valence-corrected chi connectivity index (χ4v) is 7.44. The maximum atomic E-state index is 13.2. The Morgan fingerprint density at radius 2 is 1.77 bits per heavy atom. The number of anilines is 3. The van der Waals surface area contributed by atoms with Crippen LogP contribution in [0.15, 0.2) is 48.5 Å². The number of sulfonamides is 1. The van der Waals surface area contributed by atoms with Gasteiger partial charge in [0.15, 0.2) is 0 Å². The number of hydrogen-bond acceptors (Lipinski definition) is 9. The van der Waals surface area contributed by atoms with Crippen molar-refractivity contribution in [2.45, 2.75) is 51.7 Å². The minimum atomic E-state index is -3.31. The highest BCUT2D eigenvalue weighted by Crippen LogP contribution is 2.50. The fourth-order valence-electron chi connectivity index (χ4n) is 6.88. The highest BCUT2D eigenvalue weighted by atomic mass is 32.2. The van der Waals surface area contributed by atoms with Crippen LogP contribution in [0.4, 0.5) is 22.2 Å². The molecule has 3 aliphatic rings. The first kappa shape index (κ1) is 30.4. The van der Waals surface area contributed by atoms with Crippen molar-refractivity contribution < 1.29 is 17.9 Å². The Bertz CT molecular complexity index is 1610. The van der Waals surface area contributed by atoms with Crippen LogP contribution >= 0.6 is 0 Å². The molecule has 3 N–H and O–H groups in total. The van der Waals surface area contributed by atoms with E-state index < -0.39 is 15.6 Å². The number of carbonyl (C=O) groups excluding carboxylic acids is 1. The molecule has 1 amide bonds. The Morgan fingerprint density at radius 3 is 2.45 bits per heavy atom. The third-order valence-electron chi connectivity index (χ3n) is 8.87. The van der Waals surface area contributed by atoms with Crippen LogP contribution in [0.3, 0.4) is 0 Å². The summed E-state index contributed by atoms with van der Waals surface area (Å²) in [5, 5.41) is 7.96. The van der Waals surface area contributed by atoms with Gasteiger partial charge in [0.25, 0.3) is 0 Å². The van der Waals surface area contributed by atoms with E-state index in [0.29, 0.717) is 24.1 Å². The summed E-state index contributed by atoms with van der Waals surface area (Å²) in [6.07, 6.45) is 3.83. The number of benzene rings is 2. The molecule has 44 heavy (non-hydrogen) atoms. The van der Waals surface area contributed by atoms with Gasteiger partial charge in [0.05, 0.1) is 11.8 Å². The van der Waals surface area contributed by atoms with Gasteiger partial charge in [-0.1, -0.05) is 24.3 Å². The van der Waals surface area contributed by atoms with E-state index in [4.69, 9.17) is 14.7 Å². The predicted octanol–water partition coefficient (Wildman–Crippen LogP) is 4.08. The first-order valence-electron chi connectivity index (χ1n) is 15.4. The quantitative estimate of drug-likeness (QED) is 0.341. The maximum Gasteiger partial charge on any atom is 0.410 e. The lowest BCUT2D eigenvalue weighted by Crippen LogP contribution is -2.75. The summed E-state index contributed by atoms with van der Waals surface area (Å²) in [5.74, 6) is 1.82. The zero-order valence-electron chi connectivity index (χ0n) is 26.0. The van der Waals surface area contributed by atoms with Gasteiger partial charge >= 0.3 is 6.09 Å². The van der Waals surface area contributed by atoms with Crippen LogP contribution in [0.2, 0.25) is 0 Å². The van der Waals surface area contributed by atoms with Gasteiger partial charge in [-0.05, 0) is 83.0 Å². The Kier molecular flexibility index (Phi) is 8.08. The number of amides is 1. The van der Waals surface area contributed by atoms with E-state index in [-0.39, 0.29) is 17.6 Å². The number of nitrogens with one attached hydrogen (secondary N) is 3. The molecule has 12 heteroatoms. The van der Waals surface area contributed by atoms with Gasteiger partial charge in [0, 0.05) is 54.6 Å². The van der Waals surface area contributed by atoms with Gasteiger partial charge in [-0.2, -0.15) is 4.98 Å². The van der Waals surface area contributed by atoms with Gasteiger partial charge in [-0.3, -0.25) is 4.72 Å². The number of nitrogens with zero attached hydrogens (tertiary/aromatic N) is 4. The molecule has 236 valence electrons. The average Bonchev–Trinajstić information content (AvgIpc) is 2.93. The fraction of sp³-hybridized carbons (Fsp3) is 0.531. The van der Waals surface area contributed by atoms with Crippen molar-refractivity contribution >= 4 is 44.5 Å². The average molecular weight is 622 g/mol. The molecule has 3 aromatic rings. The number of para-hydroxylation sites is 1. The molecule has 3 fully saturated rings. The number of aromatic nitrogens is 2. The monoisotopic (exact) mass is 621 g/mol. The molecule has 0 saturated carbocycles. The second-order valence-electron chi connectivity index (χ2n) is 13.5. The Hall–Kier alpha value is -3.64. The van der Waals surface area contributed by atoms with Gasteiger partial charge in [0.1, 0.15) is 11.4 Å². The van der Waals surface area contributed by atoms with E-state index in [1.807, 2.05) is 62.1 Å². The summed E-state index contributed by atoms with van der Waals surface area (Å²) < 4.78 is 31.3. The van der Waals surface area contributed by atoms with Crippen molar-refractivity contribution in [3.05, 3.63) is 54.1 Å². The molecule has 2 aromatic carbocycles. The van der Waals surface area contributed by atoms with Crippen molar-refractivity contribution in [2.75, 3.05) is 60.5 Å². The van der Waals surface area contributed by atoms with Crippen LogP contribution in [0.25, 0.3) is 10.9 Å². The SMILES string of the molecule is CC(C)(C)OC(=O)N1CC2(CCNCC2)C1C1CN(c2nc(NCCc3ccc(NS(C)(=O)=O)cc3)c3ccccc3n2)C1. The van der Waals surface area contributed by atoms with Crippen LogP contribution in [-0.2, 0) is 21.2 Å². The molecule has 0 bridgehead atoms. The van der Waals surface area contributed by atoms with Crippen LogP contribution in [0.5, 0.6) is 0 Å². The van der Waals surface area contributed by atoms with E-state index in [0.717, 1.165) is 80.5 Å². The largest absolute Gasteiger partial charge is 0.444 e. The first-order chi connectivity index (χ1) is 20.9. The van der Waals surface area contributed by atoms with Gasteiger partial charge in [-0.15, -0.1) is 0 Å². The summed E-state index contributed by atoms with van der Waals surface area (Å²) in [5.41, 5.74) is 2.14. The minimum absolute atomic E-state index is 0.148. The molecule has 11 nitrogen and oxygen atoms in total. The lowest BCUT2D eigenvalue weighted by Gasteiger charge is -2.64. The Labute approximate surface area is 259 Å². The van der Waals surface area contributed by atoms with E-state index in [2.05, 4.69) is 20.3 Å². The van der Waals surface area contributed by atoms with Crippen molar-refractivity contribution in [1.29, 1.82) is 0 Å². The molecule has 1 unspecified atom stereocenters. The molecule has 0 radical (unpaired) electrons. The van der Waals surface area contributed by atoms with Gasteiger partial charge < -0.3 is 25.2 Å². The summed E-state index contributed by atoms with van der Waals surface area (Å²) in [6, 6.07) is 15.6. The Morgan fingerprint density at radius 1 is 1.07 bits per heavy atom. The number of rotatable bonds is 8. The van der Waals surface area contributed by atoms with E-state index >= 15 is 0 Å². The lowest BCUT2D eigenvalue weighted by atomic mass is 9.60. The van der Waals surface area contributed by atoms with E-state index in [1.54, 1.807) is 12.1 Å². The summed E-state index contributed by atoms with van der Waals surface area (Å²) in [7, 11) is -3.31. The second-order valence-corrected chi connectivity index (χ2v) is 15.2. The van der Waals surface area contributed by atoms with E-state index in [1.165, 1.54) is 0 Å². The molecular weight excluding hydrogens is 578 g/mol. The summed E-state index contributed by atoms with van der Waals surface area (Å²) in [4.78, 5) is 27.2. The van der Waals surface area contributed by atoms with Crippen molar-refractivity contribution in [1.82, 2.24) is 20.2 Å². The highest BCUT2D eigenvalue weighted by Gasteiger charge is 2.60. The molecule has 1 atom stereocenters. The molecule has 4 heterocycles. The van der Waals surface area contributed by atoms with Gasteiger partial charge in [0.2, 0.25) is 16.0 Å². The number of piperidine rings is 1. The molecular formula is C32H43N7O4S. The van der Waals surface area contributed by atoms with Crippen molar-refractivity contribution in [3.8, 4) is 0 Å². The zero-order chi connectivity index (χ0) is 31.1. The second kappa shape index (κ2) is 11.7. The smallest absolute Gasteiger partial charge is 0.410 e. The van der Waals surface area contributed by atoms with Crippen molar-refractivity contribution in [3.63, 3.8) is 0 Å². The van der Waals surface area contributed by atoms with Crippen molar-refractivity contribution in [2.24, 2.45) is 11.3 Å². The van der Waals surface area contributed by atoms with Crippen LogP contribution in [0.1, 0.15) is 39.2 Å². The lowest BCUT2D eigenvalue weighted by molar-refractivity contribution is -0.121. The number of hydrogen-bond donors (Lipinski definition) is 3. The third-order valence-corrected chi connectivity index (χ3v) is 9.48.